The summed E-state index contributed by atoms with van der Waals surface area (Å²) < 4.78 is 10.2. The number of ether oxygens (including phenoxy) is 2. The number of carbonyl (C=O) groups is 1. The van der Waals surface area contributed by atoms with E-state index in [1.54, 1.807) is 0 Å². The van der Waals surface area contributed by atoms with E-state index in [0.29, 0.717) is 5.56 Å². The zero-order chi connectivity index (χ0) is 17.9. The van der Waals surface area contributed by atoms with Crippen LogP contribution in [0.15, 0.2) is 30.0 Å². The highest BCUT2D eigenvalue weighted by molar-refractivity contribution is 5.89. The van der Waals surface area contributed by atoms with Crippen LogP contribution in [0, 0.1) is 0 Å². The molecule has 0 amide bonds. The number of aromatic hydroxyl groups is 1. The lowest BCUT2D eigenvalue weighted by Gasteiger charge is -2.39. The molecule has 1 aliphatic heterocycles. The second-order valence-electron chi connectivity index (χ2n) is 5.22. The molecule has 0 spiro atoms. The van der Waals surface area contributed by atoms with Crippen LogP contribution in [0.2, 0.25) is 0 Å². The van der Waals surface area contributed by atoms with E-state index in [1.165, 1.54) is 24.3 Å². The van der Waals surface area contributed by atoms with Gasteiger partial charge in [0, 0.05) is 0 Å². The van der Waals surface area contributed by atoms with Crippen LogP contribution in [0.5, 0.6) is 5.75 Å². The molecule has 6 N–H and O–H groups in total. The molecule has 0 aliphatic carbocycles. The minimum absolute atomic E-state index is 0.00104. The van der Waals surface area contributed by atoms with Gasteiger partial charge >= 0.3 is 5.97 Å². The molecule has 1 heterocycles. The molecule has 132 valence electrons. The number of phenols is 1. The van der Waals surface area contributed by atoms with Crippen LogP contribution in [0.1, 0.15) is 5.56 Å². The first-order valence-corrected chi connectivity index (χ1v) is 7.04. The lowest BCUT2D eigenvalue weighted by atomic mass is 9.99. The average molecular weight is 342 g/mol. The molecule has 24 heavy (non-hydrogen) atoms. The van der Waals surface area contributed by atoms with E-state index >= 15 is 0 Å². The van der Waals surface area contributed by atoms with E-state index in [2.05, 4.69) is 0 Å². The first-order valence-electron chi connectivity index (χ1n) is 7.04. The van der Waals surface area contributed by atoms with Gasteiger partial charge in [-0.05, 0) is 23.8 Å². The van der Waals surface area contributed by atoms with Gasteiger partial charge in [-0.25, -0.2) is 4.79 Å². The van der Waals surface area contributed by atoms with Gasteiger partial charge in [-0.1, -0.05) is 12.1 Å². The van der Waals surface area contributed by atoms with Gasteiger partial charge in [-0.2, -0.15) is 0 Å². The third kappa shape index (κ3) is 4.02. The van der Waals surface area contributed by atoms with Crippen molar-refractivity contribution in [2.45, 2.75) is 30.7 Å². The Bertz CT molecular complexity index is 595. The fourth-order valence-corrected chi connectivity index (χ4v) is 2.16. The van der Waals surface area contributed by atoms with Gasteiger partial charge in [0.2, 0.25) is 12.0 Å². The average Bonchev–Trinajstić information content (AvgIpc) is 2.56. The fourth-order valence-electron chi connectivity index (χ4n) is 2.16. The van der Waals surface area contributed by atoms with Gasteiger partial charge in [0.05, 0.1) is 6.61 Å². The SMILES string of the molecule is O=C(O)/C(=C/c1ccc(O)cc1)O[C@@H]1O[C@H](CO)[C@H](O)[C@H](O)[C@H]1O. The van der Waals surface area contributed by atoms with E-state index in [9.17, 15) is 30.3 Å². The Balaban J connectivity index is 2.20. The number of aliphatic carboxylic acids is 1. The van der Waals surface area contributed by atoms with Crippen molar-refractivity contribution in [3.63, 3.8) is 0 Å². The normalized spacial score (nSPS) is 30.8. The van der Waals surface area contributed by atoms with E-state index in [4.69, 9.17) is 14.6 Å². The Morgan fingerprint density at radius 1 is 1.12 bits per heavy atom. The molecule has 9 nitrogen and oxygen atoms in total. The third-order valence-corrected chi connectivity index (χ3v) is 3.49. The summed E-state index contributed by atoms with van der Waals surface area (Å²) in [7, 11) is 0. The van der Waals surface area contributed by atoms with Crippen LogP contribution in [0.25, 0.3) is 6.08 Å². The highest BCUT2D eigenvalue weighted by Gasteiger charge is 2.45. The maximum atomic E-state index is 11.3. The Morgan fingerprint density at radius 3 is 2.29 bits per heavy atom. The second kappa shape index (κ2) is 7.60. The highest BCUT2D eigenvalue weighted by Crippen LogP contribution is 2.24. The zero-order valence-corrected chi connectivity index (χ0v) is 12.4. The lowest BCUT2D eigenvalue weighted by Crippen LogP contribution is -2.59. The topological polar surface area (TPSA) is 157 Å². The maximum absolute atomic E-state index is 11.3. The van der Waals surface area contributed by atoms with Crippen molar-refractivity contribution in [2.75, 3.05) is 6.61 Å². The van der Waals surface area contributed by atoms with Gasteiger partial charge in [0.25, 0.3) is 0 Å². The number of hydrogen-bond acceptors (Lipinski definition) is 8. The van der Waals surface area contributed by atoms with Crippen molar-refractivity contribution < 1.29 is 44.9 Å². The molecule has 0 unspecified atom stereocenters. The summed E-state index contributed by atoms with van der Waals surface area (Å²) in [5, 5.41) is 56.7. The van der Waals surface area contributed by atoms with Crippen LogP contribution in [0.4, 0.5) is 0 Å². The van der Waals surface area contributed by atoms with Crippen molar-refractivity contribution in [3.8, 4) is 5.75 Å². The third-order valence-electron chi connectivity index (χ3n) is 3.49. The standard InChI is InChI=1S/C15H18O9/c16-6-10-11(18)12(19)13(20)15(24-10)23-9(14(21)22)5-7-1-3-8(17)4-2-7/h1-5,10-13,15-20H,6H2,(H,21,22)/b9-5-/t10-,11+,12+,13-,15-/m1/s1. The van der Waals surface area contributed by atoms with E-state index in [-0.39, 0.29) is 5.75 Å². The molecule has 1 aliphatic rings. The molecule has 2 rings (SSSR count). The fraction of sp³-hybridized carbons (Fsp3) is 0.400. The number of phenolic OH excluding ortho intramolecular Hbond substituents is 1. The smallest absolute Gasteiger partial charge is 0.371 e. The number of carboxylic acids is 1. The van der Waals surface area contributed by atoms with Crippen LogP contribution < -0.4 is 0 Å². The molecule has 9 heteroatoms. The summed E-state index contributed by atoms with van der Waals surface area (Å²) >= 11 is 0. The molecule has 1 fully saturated rings. The molecule has 1 aromatic carbocycles. The Hall–Kier alpha value is -2.17. The quantitative estimate of drug-likeness (QED) is 0.281. The second-order valence-corrected chi connectivity index (χ2v) is 5.22. The summed E-state index contributed by atoms with van der Waals surface area (Å²) in [5.41, 5.74) is 0.398. The van der Waals surface area contributed by atoms with Crippen molar-refractivity contribution in [2.24, 2.45) is 0 Å². The van der Waals surface area contributed by atoms with E-state index in [0.717, 1.165) is 6.08 Å². The predicted octanol–water partition coefficient (Wildman–Crippen LogP) is -1.37. The van der Waals surface area contributed by atoms with Gasteiger partial charge in [0.15, 0.2) is 0 Å². The Labute approximate surface area is 136 Å². The van der Waals surface area contributed by atoms with Crippen molar-refractivity contribution in [3.05, 3.63) is 35.6 Å². The van der Waals surface area contributed by atoms with Crippen molar-refractivity contribution in [1.29, 1.82) is 0 Å². The first kappa shape index (κ1) is 18.2. The number of rotatable bonds is 5. The Morgan fingerprint density at radius 2 is 1.75 bits per heavy atom. The van der Waals surface area contributed by atoms with E-state index < -0.39 is 49.0 Å². The van der Waals surface area contributed by atoms with Gasteiger partial charge in [0.1, 0.15) is 30.2 Å². The zero-order valence-electron chi connectivity index (χ0n) is 12.4. The molecule has 0 aromatic heterocycles. The minimum Gasteiger partial charge on any atom is -0.508 e. The van der Waals surface area contributed by atoms with Crippen LogP contribution in [-0.2, 0) is 14.3 Å². The van der Waals surface area contributed by atoms with Crippen LogP contribution in [0.3, 0.4) is 0 Å². The summed E-state index contributed by atoms with van der Waals surface area (Å²) in [5.74, 6) is -2.05. The summed E-state index contributed by atoms with van der Waals surface area (Å²) in [6.07, 6.45) is -6.64. The minimum atomic E-state index is -1.72. The number of aliphatic hydroxyl groups excluding tert-OH is 4. The molecule has 1 aromatic rings. The summed E-state index contributed by atoms with van der Waals surface area (Å²) in [4.78, 5) is 11.3. The first-order chi connectivity index (χ1) is 11.3. The monoisotopic (exact) mass is 342 g/mol. The maximum Gasteiger partial charge on any atom is 0.371 e. The van der Waals surface area contributed by atoms with Crippen molar-refractivity contribution in [1.82, 2.24) is 0 Å². The van der Waals surface area contributed by atoms with Crippen LogP contribution >= 0.6 is 0 Å². The Kier molecular flexibility index (Phi) is 5.75. The number of aliphatic hydroxyl groups is 4. The highest BCUT2D eigenvalue weighted by atomic mass is 16.7. The lowest BCUT2D eigenvalue weighted by molar-refractivity contribution is -0.291. The number of benzene rings is 1. The molecule has 0 bridgehead atoms. The molecule has 5 atom stereocenters. The van der Waals surface area contributed by atoms with Crippen molar-refractivity contribution >= 4 is 12.0 Å². The van der Waals surface area contributed by atoms with Gasteiger partial charge in [-0.3, -0.25) is 0 Å². The van der Waals surface area contributed by atoms with E-state index in [1.807, 2.05) is 0 Å². The molecular weight excluding hydrogens is 324 g/mol. The molecular formula is C15H18O9. The summed E-state index contributed by atoms with van der Waals surface area (Å²) in [6, 6.07) is 5.57. The molecule has 0 radical (unpaired) electrons. The predicted molar refractivity (Wildman–Crippen MR) is 78.6 cm³/mol. The molecule has 1 saturated heterocycles. The molecule has 0 saturated carbocycles. The number of hydrogen-bond donors (Lipinski definition) is 6. The largest absolute Gasteiger partial charge is 0.508 e. The van der Waals surface area contributed by atoms with Gasteiger partial charge in [-0.15, -0.1) is 0 Å². The van der Waals surface area contributed by atoms with Crippen LogP contribution in [-0.4, -0.2) is 73.9 Å². The van der Waals surface area contributed by atoms with Gasteiger partial charge < -0.3 is 40.1 Å². The summed E-state index contributed by atoms with van der Waals surface area (Å²) in [6.45, 7) is -0.658. The number of carboxylic acid groups (broad SMARTS) is 1.